The third-order valence-electron chi connectivity index (χ3n) is 4.12. The fourth-order valence-corrected chi connectivity index (χ4v) is 2.66. The number of rotatable bonds is 8. The Morgan fingerprint density at radius 1 is 0.967 bits per heavy atom. The predicted octanol–water partition coefficient (Wildman–Crippen LogP) is 4.06. The summed E-state index contributed by atoms with van der Waals surface area (Å²) < 4.78 is 52.7. The van der Waals surface area contributed by atoms with Crippen molar-refractivity contribution >= 4 is 17.6 Å². The zero-order valence-corrected chi connectivity index (χ0v) is 16.8. The summed E-state index contributed by atoms with van der Waals surface area (Å²) in [4.78, 5) is 25.3. The second-order valence-corrected chi connectivity index (χ2v) is 6.34. The highest BCUT2D eigenvalue weighted by atomic mass is 19.4. The van der Waals surface area contributed by atoms with Gasteiger partial charge in [0.15, 0.2) is 0 Å². The number of benzene rings is 2. The number of ether oxygens (including phenoxy) is 2. The molecule has 0 heterocycles. The van der Waals surface area contributed by atoms with Crippen LogP contribution in [0.25, 0.3) is 0 Å². The van der Waals surface area contributed by atoms with E-state index in [1.807, 2.05) is 0 Å². The Morgan fingerprint density at radius 2 is 1.60 bits per heavy atom. The Labute approximate surface area is 172 Å². The van der Waals surface area contributed by atoms with Crippen LogP contribution in [0.4, 0.5) is 18.9 Å². The summed E-state index contributed by atoms with van der Waals surface area (Å²) in [5, 5.41) is 3.93. The van der Waals surface area contributed by atoms with E-state index in [-0.39, 0.29) is 30.2 Å². The number of nitrogens with one attached hydrogen (secondary N) is 2. The first-order chi connectivity index (χ1) is 14.1. The Bertz CT molecular complexity index is 885. The van der Waals surface area contributed by atoms with Crippen LogP contribution in [0.2, 0.25) is 0 Å². The SMILES string of the molecule is CCOC(=O)[C@@](NC(=O)c1ccccc1OCC)(Nc1ccc(C)cc1)C(F)(F)F. The molecular formula is C21H23F3N2O4. The normalized spacial score (nSPS) is 13.1. The molecular weight excluding hydrogens is 401 g/mol. The van der Waals surface area contributed by atoms with E-state index in [1.165, 1.54) is 37.3 Å². The van der Waals surface area contributed by atoms with Crippen LogP contribution in [0, 0.1) is 6.92 Å². The first kappa shape index (κ1) is 23.1. The van der Waals surface area contributed by atoms with Crippen LogP contribution in [0.1, 0.15) is 29.8 Å². The number of carbonyl (C=O) groups is 2. The molecule has 2 aromatic carbocycles. The van der Waals surface area contributed by atoms with E-state index >= 15 is 0 Å². The summed E-state index contributed by atoms with van der Waals surface area (Å²) in [5.41, 5.74) is -2.87. The van der Waals surface area contributed by atoms with Crippen LogP contribution >= 0.6 is 0 Å². The monoisotopic (exact) mass is 424 g/mol. The molecule has 9 heteroatoms. The Hall–Kier alpha value is -3.23. The van der Waals surface area contributed by atoms with E-state index < -0.39 is 23.7 Å². The van der Waals surface area contributed by atoms with Gasteiger partial charge in [-0.3, -0.25) is 4.79 Å². The lowest BCUT2D eigenvalue weighted by Gasteiger charge is -2.35. The number of aryl methyl sites for hydroxylation is 1. The molecule has 0 spiro atoms. The van der Waals surface area contributed by atoms with E-state index in [0.29, 0.717) is 0 Å². The molecule has 6 nitrogen and oxygen atoms in total. The van der Waals surface area contributed by atoms with Crippen LogP contribution in [0.15, 0.2) is 48.5 Å². The van der Waals surface area contributed by atoms with Gasteiger partial charge < -0.3 is 20.1 Å². The molecule has 162 valence electrons. The first-order valence-electron chi connectivity index (χ1n) is 9.27. The van der Waals surface area contributed by atoms with Gasteiger partial charge >= 0.3 is 17.8 Å². The largest absolute Gasteiger partial charge is 0.493 e. The number of hydrogen-bond acceptors (Lipinski definition) is 5. The summed E-state index contributed by atoms with van der Waals surface area (Å²) >= 11 is 0. The van der Waals surface area contributed by atoms with Gasteiger partial charge in [-0.2, -0.15) is 13.2 Å². The van der Waals surface area contributed by atoms with Crippen molar-refractivity contribution in [1.82, 2.24) is 5.32 Å². The fraction of sp³-hybridized carbons (Fsp3) is 0.333. The Balaban J connectivity index is 2.52. The molecule has 0 aliphatic rings. The van der Waals surface area contributed by atoms with Gasteiger partial charge in [-0.25, -0.2) is 4.79 Å². The zero-order valence-electron chi connectivity index (χ0n) is 16.8. The summed E-state index contributed by atoms with van der Waals surface area (Å²) in [6.07, 6.45) is -5.22. The van der Waals surface area contributed by atoms with Gasteiger partial charge in [0.25, 0.3) is 5.91 Å². The number of esters is 1. The lowest BCUT2D eigenvalue weighted by Crippen LogP contribution is -2.69. The van der Waals surface area contributed by atoms with Crippen molar-refractivity contribution in [3.05, 3.63) is 59.7 Å². The fourth-order valence-electron chi connectivity index (χ4n) is 2.66. The van der Waals surface area contributed by atoms with Gasteiger partial charge in [0.05, 0.1) is 18.8 Å². The minimum absolute atomic E-state index is 0.0237. The standard InChI is InChI=1S/C21H23F3N2O4/c1-4-29-17-9-7-6-8-16(17)18(27)26-20(21(22,23)24,19(28)30-5-2)25-15-12-10-14(3)11-13-15/h6-13,25H,4-5H2,1-3H3,(H,26,27)/t20-/m0/s1. The van der Waals surface area contributed by atoms with Gasteiger partial charge in [0.1, 0.15) is 5.75 Å². The number of hydrogen-bond donors (Lipinski definition) is 2. The highest BCUT2D eigenvalue weighted by Crippen LogP contribution is 2.34. The summed E-state index contributed by atoms with van der Waals surface area (Å²) in [5.74, 6) is -2.74. The minimum atomic E-state index is -5.22. The van der Waals surface area contributed by atoms with Crippen LogP contribution < -0.4 is 15.4 Å². The van der Waals surface area contributed by atoms with Crippen molar-refractivity contribution in [2.45, 2.75) is 32.6 Å². The van der Waals surface area contributed by atoms with Crippen LogP contribution in [-0.4, -0.2) is 36.9 Å². The molecule has 1 amide bonds. The smallest absolute Gasteiger partial charge is 0.441 e. The molecule has 0 radical (unpaired) electrons. The second-order valence-electron chi connectivity index (χ2n) is 6.34. The predicted molar refractivity (Wildman–Crippen MR) is 105 cm³/mol. The van der Waals surface area contributed by atoms with E-state index in [1.54, 1.807) is 37.4 Å². The minimum Gasteiger partial charge on any atom is -0.493 e. The molecule has 0 aliphatic heterocycles. The van der Waals surface area contributed by atoms with Crippen molar-refractivity contribution in [2.75, 3.05) is 18.5 Å². The van der Waals surface area contributed by atoms with Crippen molar-refractivity contribution in [3.63, 3.8) is 0 Å². The average Bonchev–Trinajstić information content (AvgIpc) is 2.69. The van der Waals surface area contributed by atoms with Crippen molar-refractivity contribution < 1.29 is 32.2 Å². The molecule has 2 rings (SSSR count). The van der Waals surface area contributed by atoms with E-state index in [0.717, 1.165) is 5.56 Å². The molecule has 0 bridgehead atoms. The summed E-state index contributed by atoms with van der Waals surface area (Å²) in [6, 6.07) is 11.7. The highest BCUT2D eigenvalue weighted by molar-refractivity contribution is 6.01. The molecule has 2 aromatic rings. The molecule has 2 N–H and O–H groups in total. The number of alkyl halides is 3. The average molecular weight is 424 g/mol. The lowest BCUT2D eigenvalue weighted by molar-refractivity contribution is -0.204. The molecule has 0 unspecified atom stereocenters. The lowest BCUT2D eigenvalue weighted by atomic mass is 10.1. The maximum Gasteiger partial charge on any atom is 0.441 e. The third kappa shape index (κ3) is 5.03. The van der Waals surface area contributed by atoms with E-state index in [4.69, 9.17) is 4.74 Å². The molecule has 0 saturated heterocycles. The quantitative estimate of drug-likeness (QED) is 0.494. The van der Waals surface area contributed by atoms with Gasteiger partial charge in [-0.1, -0.05) is 29.8 Å². The molecule has 30 heavy (non-hydrogen) atoms. The zero-order chi connectivity index (χ0) is 22.4. The van der Waals surface area contributed by atoms with Gasteiger partial charge in [0.2, 0.25) is 0 Å². The number of carbonyl (C=O) groups excluding carboxylic acids is 2. The van der Waals surface area contributed by atoms with Gasteiger partial charge in [0, 0.05) is 5.69 Å². The van der Waals surface area contributed by atoms with E-state index in [2.05, 4.69) is 10.1 Å². The third-order valence-corrected chi connectivity index (χ3v) is 4.12. The van der Waals surface area contributed by atoms with Crippen molar-refractivity contribution in [1.29, 1.82) is 0 Å². The highest BCUT2D eigenvalue weighted by Gasteiger charge is 2.63. The topological polar surface area (TPSA) is 76.7 Å². The Kier molecular flexibility index (Phi) is 7.31. The van der Waals surface area contributed by atoms with Crippen molar-refractivity contribution in [2.24, 2.45) is 0 Å². The number of halogens is 3. The molecule has 0 saturated carbocycles. The van der Waals surface area contributed by atoms with Crippen LogP contribution in [0.5, 0.6) is 5.75 Å². The van der Waals surface area contributed by atoms with E-state index in [9.17, 15) is 22.8 Å². The molecule has 0 aromatic heterocycles. The first-order valence-corrected chi connectivity index (χ1v) is 9.27. The van der Waals surface area contributed by atoms with Crippen molar-refractivity contribution in [3.8, 4) is 5.75 Å². The molecule has 0 fully saturated rings. The summed E-state index contributed by atoms with van der Waals surface area (Å²) in [6.45, 7) is 4.70. The van der Waals surface area contributed by atoms with Crippen LogP contribution in [0.3, 0.4) is 0 Å². The van der Waals surface area contributed by atoms with Crippen LogP contribution in [-0.2, 0) is 9.53 Å². The number of anilines is 1. The summed E-state index contributed by atoms with van der Waals surface area (Å²) in [7, 11) is 0. The number of amides is 1. The van der Waals surface area contributed by atoms with Gasteiger partial charge in [-0.05, 0) is 45.0 Å². The maximum absolute atomic E-state index is 14.2. The second kappa shape index (κ2) is 9.51. The molecule has 1 atom stereocenters. The maximum atomic E-state index is 14.2. The molecule has 0 aliphatic carbocycles. The number of para-hydroxylation sites is 1. The Morgan fingerprint density at radius 3 is 2.17 bits per heavy atom. The van der Waals surface area contributed by atoms with Gasteiger partial charge in [-0.15, -0.1) is 0 Å².